The van der Waals surface area contributed by atoms with Crippen LogP contribution in [0.4, 0.5) is 4.79 Å². The molecule has 2 N–H and O–H groups in total. The maximum atomic E-state index is 12.3. The summed E-state index contributed by atoms with van der Waals surface area (Å²) in [4.78, 5) is 17.9. The Balaban J connectivity index is 1.57. The van der Waals surface area contributed by atoms with Crippen LogP contribution in [0.15, 0.2) is 41.6 Å². The Morgan fingerprint density at radius 3 is 3.08 bits per heavy atom. The molecule has 128 valence electrons. The molecule has 0 spiro atoms. The summed E-state index contributed by atoms with van der Waals surface area (Å²) in [6.45, 7) is 5.69. The molecule has 1 aromatic carbocycles. The van der Waals surface area contributed by atoms with E-state index in [1.807, 2.05) is 30.1 Å². The van der Waals surface area contributed by atoms with Crippen molar-refractivity contribution in [2.75, 3.05) is 5.75 Å². The summed E-state index contributed by atoms with van der Waals surface area (Å²) in [7, 11) is 0. The second-order valence-electron chi connectivity index (χ2n) is 6.44. The Morgan fingerprint density at radius 1 is 1.42 bits per heavy atom. The van der Waals surface area contributed by atoms with Crippen molar-refractivity contribution in [1.82, 2.24) is 20.2 Å². The fourth-order valence-corrected chi connectivity index (χ4v) is 4.05. The van der Waals surface area contributed by atoms with E-state index in [1.54, 1.807) is 6.20 Å². The number of urea groups is 1. The van der Waals surface area contributed by atoms with Crippen molar-refractivity contribution >= 4 is 17.8 Å². The molecule has 24 heavy (non-hydrogen) atoms. The molecule has 0 radical (unpaired) electrons. The standard InChI is InChI=1S/C18H24N4OS/c1-13(2)12-22-9-8-19-17(22)11-20-18(23)21-15-7-10-24-16-6-4-3-5-14(15)16/h3-6,8-9,13,15H,7,10-12H2,1-2H3,(H2,20,21,23)/t15-/m1/s1. The molecular formula is C18H24N4OS. The number of imidazole rings is 1. The normalized spacial score (nSPS) is 16.7. The molecule has 1 atom stereocenters. The maximum Gasteiger partial charge on any atom is 0.315 e. The fraction of sp³-hybridized carbons (Fsp3) is 0.444. The Labute approximate surface area is 147 Å². The SMILES string of the molecule is CC(C)Cn1ccnc1CNC(=O)N[C@@H]1CCSc2ccccc21. The third-order valence-corrected chi connectivity index (χ3v) is 5.16. The second-order valence-corrected chi connectivity index (χ2v) is 7.58. The van der Waals surface area contributed by atoms with Gasteiger partial charge in [-0.3, -0.25) is 0 Å². The van der Waals surface area contributed by atoms with Gasteiger partial charge in [0.25, 0.3) is 0 Å². The van der Waals surface area contributed by atoms with Crippen LogP contribution in [-0.2, 0) is 13.1 Å². The number of carbonyl (C=O) groups excluding carboxylic acids is 1. The Bertz CT molecular complexity index is 698. The zero-order chi connectivity index (χ0) is 16.9. The monoisotopic (exact) mass is 344 g/mol. The zero-order valence-corrected chi connectivity index (χ0v) is 15.0. The van der Waals surface area contributed by atoms with E-state index in [1.165, 1.54) is 10.5 Å². The number of fused-ring (bicyclic) bond motifs is 1. The number of carbonyl (C=O) groups is 1. The van der Waals surface area contributed by atoms with Gasteiger partial charge in [-0.1, -0.05) is 32.0 Å². The number of nitrogens with zero attached hydrogens (tertiary/aromatic N) is 2. The quantitative estimate of drug-likeness (QED) is 0.872. The van der Waals surface area contributed by atoms with Crippen LogP contribution < -0.4 is 10.6 Å². The van der Waals surface area contributed by atoms with Crippen LogP contribution >= 0.6 is 11.8 Å². The van der Waals surface area contributed by atoms with Gasteiger partial charge in [0.2, 0.25) is 0 Å². The van der Waals surface area contributed by atoms with Gasteiger partial charge < -0.3 is 15.2 Å². The van der Waals surface area contributed by atoms with Crippen LogP contribution in [0.3, 0.4) is 0 Å². The summed E-state index contributed by atoms with van der Waals surface area (Å²) < 4.78 is 2.09. The van der Waals surface area contributed by atoms with Gasteiger partial charge in [-0.2, -0.15) is 0 Å². The molecule has 2 aromatic rings. The molecule has 0 unspecified atom stereocenters. The molecule has 0 fully saturated rings. The van der Waals surface area contributed by atoms with Gasteiger partial charge in [-0.05, 0) is 24.0 Å². The average molecular weight is 344 g/mol. The first-order valence-electron chi connectivity index (χ1n) is 8.39. The van der Waals surface area contributed by atoms with Crippen LogP contribution in [0.2, 0.25) is 0 Å². The highest BCUT2D eigenvalue weighted by Crippen LogP contribution is 2.35. The lowest BCUT2D eigenvalue weighted by molar-refractivity contribution is 0.235. The summed E-state index contributed by atoms with van der Waals surface area (Å²) in [6, 6.07) is 8.23. The number of rotatable bonds is 5. The first kappa shape index (κ1) is 16.9. The van der Waals surface area contributed by atoms with Gasteiger partial charge >= 0.3 is 6.03 Å². The van der Waals surface area contributed by atoms with E-state index >= 15 is 0 Å². The summed E-state index contributed by atoms with van der Waals surface area (Å²) in [5.41, 5.74) is 1.21. The molecule has 3 rings (SSSR count). The number of nitrogens with one attached hydrogen (secondary N) is 2. The molecular weight excluding hydrogens is 320 g/mol. The lowest BCUT2D eigenvalue weighted by Gasteiger charge is -2.26. The third-order valence-electron chi connectivity index (χ3n) is 4.03. The molecule has 6 heteroatoms. The van der Waals surface area contributed by atoms with E-state index in [9.17, 15) is 4.79 Å². The minimum absolute atomic E-state index is 0.0814. The summed E-state index contributed by atoms with van der Waals surface area (Å²) in [6.07, 6.45) is 4.70. The summed E-state index contributed by atoms with van der Waals surface area (Å²) >= 11 is 1.85. The molecule has 0 bridgehead atoms. The lowest BCUT2D eigenvalue weighted by Crippen LogP contribution is -2.39. The molecule has 2 amide bonds. The number of benzene rings is 1. The first-order chi connectivity index (χ1) is 11.6. The van der Waals surface area contributed by atoms with Crippen molar-refractivity contribution in [1.29, 1.82) is 0 Å². The van der Waals surface area contributed by atoms with Gasteiger partial charge in [-0.25, -0.2) is 9.78 Å². The van der Waals surface area contributed by atoms with Gasteiger partial charge in [0, 0.05) is 29.6 Å². The Morgan fingerprint density at radius 2 is 2.25 bits per heavy atom. The maximum absolute atomic E-state index is 12.3. The topological polar surface area (TPSA) is 59.0 Å². The largest absolute Gasteiger partial charge is 0.333 e. The minimum Gasteiger partial charge on any atom is -0.333 e. The molecule has 1 aliphatic heterocycles. The molecule has 1 aromatic heterocycles. The highest BCUT2D eigenvalue weighted by molar-refractivity contribution is 7.99. The number of aromatic nitrogens is 2. The van der Waals surface area contributed by atoms with Gasteiger partial charge in [0.1, 0.15) is 5.82 Å². The van der Waals surface area contributed by atoms with Crippen LogP contribution in [-0.4, -0.2) is 21.3 Å². The average Bonchev–Trinajstić information content (AvgIpc) is 3.00. The number of hydrogen-bond donors (Lipinski definition) is 2. The third kappa shape index (κ3) is 4.12. The van der Waals surface area contributed by atoms with Crippen molar-refractivity contribution in [2.45, 2.75) is 44.3 Å². The van der Waals surface area contributed by atoms with Crippen LogP contribution in [0, 0.1) is 5.92 Å². The van der Waals surface area contributed by atoms with Crippen molar-refractivity contribution in [3.05, 3.63) is 48.0 Å². The lowest BCUT2D eigenvalue weighted by atomic mass is 10.0. The molecule has 0 aliphatic carbocycles. The van der Waals surface area contributed by atoms with Gasteiger partial charge in [0.05, 0.1) is 12.6 Å². The van der Waals surface area contributed by atoms with Crippen molar-refractivity contribution in [2.24, 2.45) is 5.92 Å². The number of thioether (sulfide) groups is 1. The fourth-order valence-electron chi connectivity index (χ4n) is 2.93. The van der Waals surface area contributed by atoms with Gasteiger partial charge in [-0.15, -0.1) is 11.8 Å². The zero-order valence-electron chi connectivity index (χ0n) is 14.2. The van der Waals surface area contributed by atoms with E-state index in [0.29, 0.717) is 12.5 Å². The minimum atomic E-state index is -0.138. The summed E-state index contributed by atoms with van der Waals surface area (Å²) in [5.74, 6) is 2.46. The molecule has 0 saturated heterocycles. The Hall–Kier alpha value is -1.95. The first-order valence-corrected chi connectivity index (χ1v) is 9.38. The summed E-state index contributed by atoms with van der Waals surface area (Å²) in [5, 5.41) is 6.03. The second kappa shape index (κ2) is 7.75. The Kier molecular flexibility index (Phi) is 5.45. The molecule has 2 heterocycles. The van der Waals surface area contributed by atoms with Crippen LogP contribution in [0.1, 0.15) is 37.7 Å². The highest BCUT2D eigenvalue weighted by atomic mass is 32.2. The van der Waals surface area contributed by atoms with Crippen molar-refractivity contribution in [3.63, 3.8) is 0 Å². The number of hydrogen-bond acceptors (Lipinski definition) is 3. The van der Waals surface area contributed by atoms with E-state index in [2.05, 4.69) is 46.2 Å². The van der Waals surface area contributed by atoms with Crippen LogP contribution in [0.5, 0.6) is 0 Å². The van der Waals surface area contributed by atoms with E-state index in [4.69, 9.17) is 0 Å². The van der Waals surface area contributed by atoms with E-state index in [0.717, 1.165) is 24.5 Å². The molecule has 1 aliphatic rings. The van der Waals surface area contributed by atoms with E-state index < -0.39 is 0 Å². The predicted octanol–water partition coefficient (Wildman–Crippen LogP) is 3.58. The van der Waals surface area contributed by atoms with Crippen molar-refractivity contribution in [3.8, 4) is 0 Å². The van der Waals surface area contributed by atoms with Crippen molar-refractivity contribution < 1.29 is 4.79 Å². The predicted molar refractivity (Wildman–Crippen MR) is 97.0 cm³/mol. The van der Waals surface area contributed by atoms with E-state index in [-0.39, 0.29) is 12.1 Å². The van der Waals surface area contributed by atoms with Crippen LogP contribution in [0.25, 0.3) is 0 Å². The highest BCUT2D eigenvalue weighted by Gasteiger charge is 2.21. The van der Waals surface area contributed by atoms with Gasteiger partial charge in [0.15, 0.2) is 0 Å². The smallest absolute Gasteiger partial charge is 0.315 e. The molecule has 0 saturated carbocycles. The number of amides is 2. The molecule has 5 nitrogen and oxygen atoms in total.